The third-order valence-electron chi connectivity index (χ3n) is 4.31. The summed E-state index contributed by atoms with van der Waals surface area (Å²) in [6.07, 6.45) is 8.52. The van der Waals surface area contributed by atoms with E-state index < -0.39 is 46.5 Å². The van der Waals surface area contributed by atoms with E-state index in [4.69, 9.17) is 4.74 Å². The molecule has 0 spiro atoms. The second-order valence-electron chi connectivity index (χ2n) is 6.77. The maximum Gasteiger partial charge on any atom is 0.200 e. The van der Waals surface area contributed by atoms with Gasteiger partial charge in [0.1, 0.15) is 0 Å². The summed E-state index contributed by atoms with van der Waals surface area (Å²) < 4.78 is 71.7. The second kappa shape index (κ2) is 14.2. The first-order valence-electron chi connectivity index (χ1n) is 9.73. The van der Waals surface area contributed by atoms with Crippen molar-refractivity contribution < 1.29 is 31.8 Å². The van der Waals surface area contributed by atoms with Gasteiger partial charge in [-0.25, -0.2) is 22.0 Å². The normalized spacial score (nSPS) is 12.5. The SMILES string of the molecule is CCCCCCCCCCOCC(O)CSCc1c(F)c(F)c(F)c(F)c1F. The maximum absolute atomic E-state index is 13.5. The van der Waals surface area contributed by atoms with Crippen molar-refractivity contribution in [3.63, 3.8) is 0 Å². The molecule has 0 amide bonds. The summed E-state index contributed by atoms with van der Waals surface area (Å²) in [7, 11) is 0. The summed E-state index contributed by atoms with van der Waals surface area (Å²) in [5.41, 5.74) is -0.881. The Balaban J connectivity index is 2.16. The van der Waals surface area contributed by atoms with E-state index in [1.165, 1.54) is 32.1 Å². The van der Waals surface area contributed by atoms with Gasteiger partial charge in [-0.05, 0) is 6.42 Å². The number of ether oxygens (including phenoxy) is 1. The first kappa shape index (κ1) is 25.2. The van der Waals surface area contributed by atoms with Crippen molar-refractivity contribution >= 4 is 11.8 Å². The van der Waals surface area contributed by atoms with Gasteiger partial charge < -0.3 is 9.84 Å². The third kappa shape index (κ3) is 8.66. The van der Waals surface area contributed by atoms with E-state index in [9.17, 15) is 27.1 Å². The Morgan fingerprint density at radius 1 is 0.786 bits per heavy atom. The van der Waals surface area contributed by atoms with Crippen LogP contribution in [0.4, 0.5) is 22.0 Å². The van der Waals surface area contributed by atoms with Crippen LogP contribution in [0.1, 0.15) is 63.9 Å². The standard InChI is InChI=1S/C20H29F5O2S/c1-2-3-4-5-6-7-8-9-10-27-11-14(26)12-28-13-15-16(21)18(23)20(25)19(24)17(15)22/h14,26H,2-13H2,1H3. The van der Waals surface area contributed by atoms with Gasteiger partial charge in [0.2, 0.25) is 5.82 Å². The molecule has 0 fully saturated rings. The first-order valence-corrected chi connectivity index (χ1v) is 10.9. The Morgan fingerprint density at radius 2 is 1.29 bits per heavy atom. The molecule has 0 aliphatic carbocycles. The van der Waals surface area contributed by atoms with Gasteiger partial charge in [-0.3, -0.25) is 0 Å². The molecular weight excluding hydrogens is 399 g/mol. The lowest BCUT2D eigenvalue weighted by molar-refractivity contribution is 0.0467. The molecule has 162 valence electrons. The van der Waals surface area contributed by atoms with E-state index >= 15 is 0 Å². The van der Waals surface area contributed by atoms with Gasteiger partial charge >= 0.3 is 0 Å². The highest BCUT2D eigenvalue weighted by Crippen LogP contribution is 2.26. The first-order chi connectivity index (χ1) is 13.4. The Labute approximate surface area is 167 Å². The van der Waals surface area contributed by atoms with Gasteiger partial charge in [0.15, 0.2) is 23.3 Å². The zero-order valence-corrected chi connectivity index (χ0v) is 17.0. The topological polar surface area (TPSA) is 29.5 Å². The molecule has 0 heterocycles. The van der Waals surface area contributed by atoms with Crippen LogP contribution in [0.5, 0.6) is 0 Å². The van der Waals surface area contributed by atoms with Crippen molar-refractivity contribution in [1.82, 2.24) is 0 Å². The number of rotatable bonds is 15. The van der Waals surface area contributed by atoms with Crippen LogP contribution in [0.25, 0.3) is 0 Å². The minimum absolute atomic E-state index is 0.0664. The number of thioether (sulfide) groups is 1. The molecule has 1 aromatic carbocycles. The van der Waals surface area contributed by atoms with E-state index in [1.807, 2.05) is 0 Å². The molecule has 28 heavy (non-hydrogen) atoms. The Kier molecular flexibility index (Phi) is 12.7. The minimum Gasteiger partial charge on any atom is -0.390 e. The molecule has 0 saturated heterocycles. The van der Waals surface area contributed by atoms with E-state index in [0.29, 0.717) is 6.61 Å². The second-order valence-corrected chi connectivity index (χ2v) is 7.80. The summed E-state index contributed by atoms with van der Waals surface area (Å²) in [6.45, 7) is 2.78. The molecule has 2 nitrogen and oxygen atoms in total. The number of hydrogen-bond donors (Lipinski definition) is 1. The summed E-state index contributed by atoms with van der Waals surface area (Å²) in [6, 6.07) is 0. The van der Waals surface area contributed by atoms with Crippen molar-refractivity contribution in [2.24, 2.45) is 0 Å². The number of hydrogen-bond acceptors (Lipinski definition) is 3. The molecule has 0 aliphatic rings. The fourth-order valence-electron chi connectivity index (χ4n) is 2.68. The summed E-state index contributed by atoms with van der Waals surface area (Å²) in [5.74, 6) is -10.1. The molecule has 1 unspecified atom stereocenters. The van der Waals surface area contributed by atoms with Gasteiger partial charge in [0.25, 0.3) is 0 Å². The number of unbranched alkanes of at least 4 members (excludes halogenated alkanes) is 7. The predicted molar refractivity (Wildman–Crippen MR) is 102 cm³/mol. The molecule has 1 aromatic rings. The van der Waals surface area contributed by atoms with Crippen molar-refractivity contribution in [3.05, 3.63) is 34.6 Å². The zero-order valence-electron chi connectivity index (χ0n) is 16.2. The van der Waals surface area contributed by atoms with Crippen molar-refractivity contribution in [1.29, 1.82) is 0 Å². The molecule has 8 heteroatoms. The molecule has 0 aliphatic heterocycles. The highest BCUT2D eigenvalue weighted by molar-refractivity contribution is 7.98. The van der Waals surface area contributed by atoms with Gasteiger partial charge in [-0.15, -0.1) is 0 Å². The quantitative estimate of drug-likeness (QED) is 0.158. The molecule has 1 rings (SSSR count). The largest absolute Gasteiger partial charge is 0.390 e. The smallest absolute Gasteiger partial charge is 0.200 e. The van der Waals surface area contributed by atoms with Gasteiger partial charge in [-0.1, -0.05) is 51.9 Å². The summed E-state index contributed by atoms with van der Waals surface area (Å²) in [4.78, 5) is 0. The van der Waals surface area contributed by atoms with Gasteiger partial charge in [-0.2, -0.15) is 11.8 Å². The van der Waals surface area contributed by atoms with Gasteiger partial charge in [0, 0.05) is 23.7 Å². The van der Waals surface area contributed by atoms with Gasteiger partial charge in [0.05, 0.1) is 12.7 Å². The van der Waals surface area contributed by atoms with E-state index in [1.54, 1.807) is 0 Å². The highest BCUT2D eigenvalue weighted by Gasteiger charge is 2.25. The fraction of sp³-hybridized carbons (Fsp3) is 0.700. The minimum atomic E-state index is -2.17. The van der Waals surface area contributed by atoms with Crippen LogP contribution in [0, 0.1) is 29.1 Å². The van der Waals surface area contributed by atoms with E-state index in [2.05, 4.69) is 6.92 Å². The lowest BCUT2D eigenvalue weighted by atomic mass is 10.1. The number of benzene rings is 1. The molecule has 1 N–H and O–H groups in total. The van der Waals surface area contributed by atoms with Crippen molar-refractivity contribution in [2.75, 3.05) is 19.0 Å². The van der Waals surface area contributed by atoms with E-state index in [-0.39, 0.29) is 12.4 Å². The average Bonchev–Trinajstić information content (AvgIpc) is 2.69. The van der Waals surface area contributed by atoms with Crippen LogP contribution in [0.15, 0.2) is 0 Å². The molecule has 0 radical (unpaired) electrons. The summed E-state index contributed by atoms with van der Waals surface area (Å²) in [5, 5.41) is 9.80. The number of aliphatic hydroxyl groups is 1. The number of aliphatic hydroxyl groups excluding tert-OH is 1. The fourth-order valence-corrected chi connectivity index (χ4v) is 3.62. The van der Waals surface area contributed by atoms with Crippen molar-refractivity contribution in [3.8, 4) is 0 Å². The molecule has 0 saturated carbocycles. The monoisotopic (exact) mass is 428 g/mol. The molecule has 0 bridgehead atoms. The third-order valence-corrected chi connectivity index (χ3v) is 5.42. The molecule has 0 aromatic heterocycles. The van der Waals surface area contributed by atoms with Crippen LogP contribution < -0.4 is 0 Å². The Bertz CT molecular complexity index is 557. The lowest BCUT2D eigenvalue weighted by Crippen LogP contribution is -2.18. The summed E-state index contributed by atoms with van der Waals surface area (Å²) >= 11 is 0.882. The maximum atomic E-state index is 13.5. The van der Waals surface area contributed by atoms with Crippen molar-refractivity contribution in [2.45, 2.75) is 70.1 Å². The molecular formula is C20H29F5O2S. The van der Waals surface area contributed by atoms with Crippen LogP contribution in [0.3, 0.4) is 0 Å². The molecule has 1 atom stereocenters. The Hall–Kier alpha value is -0.860. The number of halogens is 5. The van der Waals surface area contributed by atoms with E-state index in [0.717, 1.165) is 31.0 Å². The van der Waals surface area contributed by atoms with Crippen LogP contribution in [-0.2, 0) is 10.5 Å². The van der Waals surface area contributed by atoms with Crippen LogP contribution in [-0.4, -0.2) is 30.2 Å². The predicted octanol–water partition coefficient (Wildman–Crippen LogP) is 6.13. The Morgan fingerprint density at radius 3 is 1.86 bits per heavy atom. The lowest BCUT2D eigenvalue weighted by Gasteiger charge is -2.12. The van der Waals surface area contributed by atoms with Crippen LogP contribution >= 0.6 is 11.8 Å². The highest BCUT2D eigenvalue weighted by atomic mass is 32.2. The zero-order chi connectivity index (χ0) is 20.9. The average molecular weight is 429 g/mol. The van der Waals surface area contributed by atoms with Crippen LogP contribution in [0.2, 0.25) is 0 Å².